The number of carbonyl (C=O) groups excluding carboxylic acids is 2. The molecule has 5 nitrogen and oxygen atoms in total. The maximum Gasteiger partial charge on any atom is 0.221 e. The number of ether oxygens (including phenoxy) is 1. The third-order valence-electron chi connectivity index (χ3n) is 2.39. The van der Waals surface area contributed by atoms with Crippen molar-refractivity contribution in [3.05, 3.63) is 34.4 Å². The van der Waals surface area contributed by atoms with E-state index in [1.807, 2.05) is 14.1 Å². The minimum Gasteiger partial charge on any atom is -0.495 e. The Labute approximate surface area is 126 Å². The van der Waals surface area contributed by atoms with E-state index in [1.54, 1.807) is 23.2 Å². The molecule has 6 heteroatoms. The van der Waals surface area contributed by atoms with Crippen molar-refractivity contribution in [1.29, 1.82) is 0 Å². The van der Waals surface area contributed by atoms with E-state index in [2.05, 4.69) is 21.2 Å². The number of carbonyl (C=O) groups is 2. The Kier molecular flexibility index (Phi) is 5.76. The lowest BCUT2D eigenvalue weighted by Crippen LogP contribution is -2.11. The highest BCUT2D eigenvalue weighted by Crippen LogP contribution is 2.32. The number of methoxy groups -OCH3 is 1. The molecule has 108 valence electrons. The maximum absolute atomic E-state index is 12.2. The van der Waals surface area contributed by atoms with Crippen molar-refractivity contribution in [1.82, 2.24) is 4.90 Å². The summed E-state index contributed by atoms with van der Waals surface area (Å²) in [6, 6.07) is 3.24. The molecular weight excluding hydrogens is 324 g/mol. The molecule has 1 N–H and O–H groups in total. The van der Waals surface area contributed by atoms with Gasteiger partial charge < -0.3 is 15.0 Å². The van der Waals surface area contributed by atoms with Gasteiger partial charge in [0.15, 0.2) is 5.78 Å². The summed E-state index contributed by atoms with van der Waals surface area (Å²) in [6.07, 6.45) is 3.09. The van der Waals surface area contributed by atoms with Crippen LogP contribution in [0.15, 0.2) is 28.9 Å². The number of ketones is 1. The third kappa shape index (κ3) is 4.38. The van der Waals surface area contributed by atoms with Crippen molar-refractivity contribution < 1.29 is 14.3 Å². The number of rotatable bonds is 5. The largest absolute Gasteiger partial charge is 0.495 e. The number of anilines is 1. The van der Waals surface area contributed by atoms with Crippen LogP contribution in [0.1, 0.15) is 17.3 Å². The summed E-state index contributed by atoms with van der Waals surface area (Å²) in [5.74, 6) is 0.0905. The number of hydrogen-bond acceptors (Lipinski definition) is 4. The molecule has 0 bridgehead atoms. The van der Waals surface area contributed by atoms with Gasteiger partial charge in [-0.05, 0) is 22.0 Å². The molecule has 0 atom stereocenters. The molecule has 0 unspecified atom stereocenters. The fraction of sp³-hybridized carbons (Fsp3) is 0.286. The maximum atomic E-state index is 12.2. The zero-order chi connectivity index (χ0) is 15.3. The monoisotopic (exact) mass is 340 g/mol. The van der Waals surface area contributed by atoms with E-state index in [0.29, 0.717) is 21.5 Å². The summed E-state index contributed by atoms with van der Waals surface area (Å²) in [5.41, 5.74) is 0.817. The van der Waals surface area contributed by atoms with Gasteiger partial charge in [0, 0.05) is 44.9 Å². The van der Waals surface area contributed by atoms with Gasteiger partial charge in [0.25, 0.3) is 0 Å². The first-order valence-corrected chi connectivity index (χ1v) is 6.68. The zero-order valence-electron chi connectivity index (χ0n) is 11.9. The van der Waals surface area contributed by atoms with E-state index in [9.17, 15) is 9.59 Å². The molecule has 0 saturated carbocycles. The highest BCUT2D eigenvalue weighted by Gasteiger charge is 2.14. The van der Waals surface area contributed by atoms with E-state index in [1.165, 1.54) is 20.1 Å². The summed E-state index contributed by atoms with van der Waals surface area (Å²) in [7, 11) is 5.16. The molecule has 0 aliphatic heterocycles. The second-order valence-electron chi connectivity index (χ2n) is 4.36. The minimum absolute atomic E-state index is 0.203. The van der Waals surface area contributed by atoms with Crippen molar-refractivity contribution in [2.24, 2.45) is 0 Å². The molecule has 1 amide bonds. The molecule has 0 saturated heterocycles. The lowest BCUT2D eigenvalue weighted by molar-refractivity contribution is -0.114. The topological polar surface area (TPSA) is 58.6 Å². The molecule has 0 radical (unpaired) electrons. The van der Waals surface area contributed by atoms with Crippen LogP contribution in [-0.2, 0) is 4.79 Å². The summed E-state index contributed by atoms with van der Waals surface area (Å²) in [6.45, 7) is 1.39. The van der Waals surface area contributed by atoms with Crippen LogP contribution in [0.3, 0.4) is 0 Å². The van der Waals surface area contributed by atoms with Crippen molar-refractivity contribution in [2.75, 3.05) is 26.5 Å². The predicted molar refractivity (Wildman–Crippen MR) is 82.2 cm³/mol. The van der Waals surface area contributed by atoms with Crippen molar-refractivity contribution >= 4 is 33.3 Å². The van der Waals surface area contributed by atoms with Crippen LogP contribution in [0, 0.1) is 0 Å². The van der Waals surface area contributed by atoms with Gasteiger partial charge in [-0.3, -0.25) is 9.59 Å². The van der Waals surface area contributed by atoms with Gasteiger partial charge in [0.05, 0.1) is 17.3 Å². The van der Waals surface area contributed by atoms with Gasteiger partial charge in [0.1, 0.15) is 5.75 Å². The molecule has 0 aromatic heterocycles. The van der Waals surface area contributed by atoms with Gasteiger partial charge in [-0.25, -0.2) is 0 Å². The Bertz CT molecular complexity index is 554. The predicted octanol–water partition coefficient (Wildman–Crippen LogP) is 2.67. The first-order valence-electron chi connectivity index (χ1n) is 5.89. The first-order chi connectivity index (χ1) is 9.35. The Balaban J connectivity index is 3.25. The molecule has 1 rings (SSSR count). The van der Waals surface area contributed by atoms with Gasteiger partial charge in [-0.15, -0.1) is 0 Å². The molecular formula is C14H17BrN2O3. The number of nitrogens with one attached hydrogen (secondary N) is 1. The second kappa shape index (κ2) is 7.09. The average molecular weight is 341 g/mol. The van der Waals surface area contributed by atoms with Gasteiger partial charge in [-0.1, -0.05) is 0 Å². The molecule has 20 heavy (non-hydrogen) atoms. The lowest BCUT2D eigenvalue weighted by atomic mass is 10.1. The average Bonchev–Trinajstić information content (AvgIpc) is 2.36. The van der Waals surface area contributed by atoms with E-state index in [4.69, 9.17) is 4.74 Å². The molecule has 0 heterocycles. The number of allylic oxidation sites excluding steroid dienone is 1. The van der Waals surface area contributed by atoms with Gasteiger partial charge in [-0.2, -0.15) is 0 Å². The van der Waals surface area contributed by atoms with Crippen LogP contribution in [0.4, 0.5) is 5.69 Å². The van der Waals surface area contributed by atoms with E-state index in [-0.39, 0.29) is 11.7 Å². The first kappa shape index (κ1) is 16.2. The minimum atomic E-state index is -0.250. The molecule has 1 aromatic carbocycles. The summed E-state index contributed by atoms with van der Waals surface area (Å²) >= 11 is 3.33. The number of halogens is 1. The quantitative estimate of drug-likeness (QED) is 0.661. The molecule has 0 aliphatic carbocycles. The normalized spacial score (nSPS) is 10.4. The Morgan fingerprint density at radius 2 is 2.00 bits per heavy atom. The smallest absolute Gasteiger partial charge is 0.221 e. The molecule has 0 fully saturated rings. The second-order valence-corrected chi connectivity index (χ2v) is 5.21. The Morgan fingerprint density at radius 3 is 2.50 bits per heavy atom. The van der Waals surface area contributed by atoms with Gasteiger partial charge >= 0.3 is 0 Å². The fourth-order valence-electron chi connectivity index (χ4n) is 1.51. The molecule has 0 spiro atoms. The van der Waals surface area contributed by atoms with Crippen molar-refractivity contribution in [3.63, 3.8) is 0 Å². The van der Waals surface area contributed by atoms with Crippen LogP contribution in [0.5, 0.6) is 5.75 Å². The van der Waals surface area contributed by atoms with E-state index >= 15 is 0 Å². The number of nitrogens with zero attached hydrogens (tertiary/aromatic N) is 1. The van der Waals surface area contributed by atoms with Crippen LogP contribution >= 0.6 is 15.9 Å². The van der Waals surface area contributed by atoms with Crippen molar-refractivity contribution in [2.45, 2.75) is 6.92 Å². The van der Waals surface area contributed by atoms with Gasteiger partial charge in [0.2, 0.25) is 5.91 Å². The van der Waals surface area contributed by atoms with E-state index < -0.39 is 0 Å². The number of hydrogen-bond donors (Lipinski definition) is 1. The standard InChI is InChI=1S/C14H17BrN2O3/c1-9(18)16-12-8-14(20-4)11(15)7-10(12)13(19)5-6-17(2)3/h5-8H,1-4H3,(H,16,18). The SMILES string of the molecule is COc1cc(NC(C)=O)c(C(=O)C=CN(C)C)cc1Br. The van der Waals surface area contributed by atoms with E-state index in [0.717, 1.165) is 0 Å². The Morgan fingerprint density at radius 1 is 1.35 bits per heavy atom. The zero-order valence-corrected chi connectivity index (χ0v) is 13.4. The highest BCUT2D eigenvalue weighted by atomic mass is 79.9. The third-order valence-corrected chi connectivity index (χ3v) is 3.01. The fourth-order valence-corrected chi connectivity index (χ4v) is 2.02. The molecule has 0 aliphatic rings. The number of amides is 1. The lowest BCUT2D eigenvalue weighted by Gasteiger charge is -2.12. The van der Waals surface area contributed by atoms with Crippen LogP contribution in [-0.4, -0.2) is 37.8 Å². The summed E-state index contributed by atoms with van der Waals surface area (Å²) < 4.78 is 5.81. The summed E-state index contributed by atoms with van der Waals surface area (Å²) in [4.78, 5) is 25.2. The number of benzene rings is 1. The van der Waals surface area contributed by atoms with Crippen LogP contribution < -0.4 is 10.1 Å². The Hall–Kier alpha value is -1.82. The molecule has 1 aromatic rings. The van der Waals surface area contributed by atoms with Crippen LogP contribution in [0.25, 0.3) is 0 Å². The van der Waals surface area contributed by atoms with Crippen LogP contribution in [0.2, 0.25) is 0 Å². The highest BCUT2D eigenvalue weighted by molar-refractivity contribution is 9.10. The summed E-state index contributed by atoms with van der Waals surface area (Å²) in [5, 5.41) is 2.64. The van der Waals surface area contributed by atoms with Crippen molar-refractivity contribution in [3.8, 4) is 5.75 Å².